The number of alkyl halides is 3. The van der Waals surface area contributed by atoms with E-state index in [9.17, 15) is 13.6 Å². The summed E-state index contributed by atoms with van der Waals surface area (Å²) in [4.78, 5) is 20.6. The molecule has 32 heavy (non-hydrogen) atoms. The van der Waals surface area contributed by atoms with Crippen molar-refractivity contribution in [2.24, 2.45) is 5.92 Å². The van der Waals surface area contributed by atoms with Gasteiger partial charge in [0.15, 0.2) is 16.0 Å². The number of amides is 1. The average Bonchev–Trinajstić information content (AvgIpc) is 3.44. The maximum Gasteiger partial charge on any atom is 0.231 e. The van der Waals surface area contributed by atoms with Crippen LogP contribution in [0.5, 0.6) is 0 Å². The minimum Gasteiger partial charge on any atom is -0.309 e. The highest BCUT2D eigenvalue weighted by Crippen LogP contribution is 2.61. The van der Waals surface area contributed by atoms with Gasteiger partial charge in [-0.1, -0.05) is 11.6 Å². The molecular formula is C20H13BrClF3N6O. The predicted octanol–water partition coefficient (Wildman–Crippen LogP) is 4.91. The summed E-state index contributed by atoms with van der Waals surface area (Å²) in [6.45, 7) is 0. The molecular weight excluding hydrogens is 513 g/mol. The van der Waals surface area contributed by atoms with Gasteiger partial charge in [0.25, 0.3) is 0 Å². The number of H-pyrrole nitrogens is 1. The lowest BCUT2D eigenvalue weighted by Crippen LogP contribution is -2.15. The van der Waals surface area contributed by atoms with E-state index in [4.69, 9.17) is 11.6 Å². The number of halogens is 5. The first-order chi connectivity index (χ1) is 15.2. The maximum absolute atomic E-state index is 15.3. The van der Waals surface area contributed by atoms with Crippen LogP contribution >= 0.6 is 27.5 Å². The van der Waals surface area contributed by atoms with Crippen molar-refractivity contribution >= 4 is 55.8 Å². The molecule has 3 aromatic heterocycles. The highest BCUT2D eigenvalue weighted by molar-refractivity contribution is 9.10. The van der Waals surface area contributed by atoms with Crippen molar-refractivity contribution in [3.63, 3.8) is 0 Å². The molecule has 1 amide bonds. The lowest BCUT2D eigenvalue weighted by atomic mass is 10.00. The van der Waals surface area contributed by atoms with Crippen molar-refractivity contribution in [1.82, 2.24) is 24.6 Å². The Morgan fingerprint density at radius 3 is 2.81 bits per heavy atom. The molecule has 0 bridgehead atoms. The van der Waals surface area contributed by atoms with Crippen molar-refractivity contribution < 1.29 is 18.0 Å². The fourth-order valence-corrected chi connectivity index (χ4v) is 4.84. The summed E-state index contributed by atoms with van der Waals surface area (Å²) < 4.78 is 42.6. The van der Waals surface area contributed by atoms with Gasteiger partial charge in [-0.25, -0.2) is 18.2 Å². The maximum atomic E-state index is 15.3. The first kappa shape index (κ1) is 20.0. The molecule has 4 unspecified atom stereocenters. The number of hydrogen-bond acceptors (Lipinski definition) is 4. The van der Waals surface area contributed by atoms with Gasteiger partial charge in [0.1, 0.15) is 12.0 Å². The van der Waals surface area contributed by atoms with E-state index in [1.807, 2.05) is 0 Å². The van der Waals surface area contributed by atoms with Gasteiger partial charge in [0.2, 0.25) is 5.91 Å². The second kappa shape index (κ2) is 6.67. The Bertz CT molecular complexity index is 1440. The highest BCUT2D eigenvalue weighted by Gasteiger charge is 2.56. The molecule has 1 aromatic carbocycles. The number of carbonyl (C=O) groups is 1. The molecule has 4 atom stereocenters. The lowest BCUT2D eigenvalue weighted by Gasteiger charge is -2.12. The Labute approximate surface area is 191 Å². The molecule has 164 valence electrons. The summed E-state index contributed by atoms with van der Waals surface area (Å²) in [5.74, 6) is -2.22. The Balaban J connectivity index is 1.43. The lowest BCUT2D eigenvalue weighted by molar-refractivity contribution is -0.117. The number of anilines is 1. The van der Waals surface area contributed by atoms with Gasteiger partial charge in [0, 0.05) is 35.0 Å². The minimum absolute atomic E-state index is 0.130. The molecule has 2 aliphatic carbocycles. The summed E-state index contributed by atoms with van der Waals surface area (Å²) in [5, 5.41) is 9.65. The van der Waals surface area contributed by atoms with Crippen LogP contribution in [0.1, 0.15) is 24.3 Å². The van der Waals surface area contributed by atoms with E-state index in [0.29, 0.717) is 27.8 Å². The van der Waals surface area contributed by atoms with Gasteiger partial charge in [-0.05, 0) is 22.4 Å². The summed E-state index contributed by atoms with van der Waals surface area (Å²) in [6, 6.07) is 0. The summed E-state index contributed by atoms with van der Waals surface area (Å²) in [6.07, 6.45) is 5.30. The number of aromatic amines is 1. The molecule has 0 aliphatic heterocycles. The van der Waals surface area contributed by atoms with Gasteiger partial charge in [0.05, 0.1) is 40.7 Å². The molecule has 4 aromatic rings. The van der Waals surface area contributed by atoms with Crippen LogP contribution in [0.2, 0.25) is 5.02 Å². The number of fused-ring (bicyclic) bond motifs is 2. The quantitative estimate of drug-likeness (QED) is 0.371. The molecule has 7 nitrogen and oxygen atoms in total. The van der Waals surface area contributed by atoms with Crippen molar-refractivity contribution in [3.8, 4) is 11.3 Å². The van der Waals surface area contributed by atoms with E-state index in [2.05, 4.69) is 41.4 Å². The Morgan fingerprint density at radius 2 is 2.12 bits per heavy atom. The molecule has 2 saturated carbocycles. The Hall–Kier alpha value is -2.66. The van der Waals surface area contributed by atoms with Gasteiger partial charge < -0.3 is 9.72 Å². The van der Waals surface area contributed by atoms with Crippen LogP contribution < -0.4 is 5.32 Å². The number of hydrogen-bond donors (Lipinski definition) is 2. The molecule has 2 fully saturated rings. The minimum atomic E-state index is -1.67. The first-order valence-electron chi connectivity index (χ1n) is 9.76. The third kappa shape index (κ3) is 3.01. The van der Waals surface area contributed by atoms with Crippen LogP contribution in [-0.2, 0) is 4.79 Å². The highest BCUT2D eigenvalue weighted by atomic mass is 79.9. The second-order valence-electron chi connectivity index (χ2n) is 8.10. The largest absolute Gasteiger partial charge is 0.309 e. The van der Waals surface area contributed by atoms with E-state index in [0.717, 1.165) is 0 Å². The molecule has 6 rings (SSSR count). The molecule has 0 spiro atoms. The van der Waals surface area contributed by atoms with Gasteiger partial charge in [-0.3, -0.25) is 14.9 Å². The predicted molar refractivity (Wildman–Crippen MR) is 115 cm³/mol. The van der Waals surface area contributed by atoms with E-state index in [1.165, 1.54) is 12.4 Å². The molecule has 2 N–H and O–H groups in total. The van der Waals surface area contributed by atoms with Crippen molar-refractivity contribution in [2.45, 2.75) is 29.5 Å². The summed E-state index contributed by atoms with van der Waals surface area (Å²) in [5.41, 5.74) is 1.56. The third-order valence-electron chi connectivity index (χ3n) is 5.90. The Morgan fingerprint density at radius 1 is 1.38 bits per heavy atom. The van der Waals surface area contributed by atoms with Gasteiger partial charge >= 0.3 is 0 Å². The SMILES string of the molecule is O=C(Nc1cn2cc(-c3c(Cl)c(F)c(C4CC4(F)Br)c4[nH]ncc34)ncc2n1)C1CC1F. The normalized spacial score (nSPS) is 26.6. The van der Waals surface area contributed by atoms with Crippen LogP contribution in [0.3, 0.4) is 0 Å². The molecule has 12 heteroatoms. The Kier molecular flexibility index (Phi) is 4.17. The standard InChI is InChI=1S/C20H13BrClF3N6O/c21-20(25)2-9(20)15-17(24)16(22)14(8-3-27-30-18(8)15)11-5-31-6-12(28-13(31)4-26-11)29-19(32)7-1-10(7)23/h3-7,9-10H,1-2H2,(H,27,30)(H,29,32). The molecule has 0 saturated heterocycles. The molecule has 2 aliphatic rings. The van der Waals surface area contributed by atoms with Crippen LogP contribution in [0, 0.1) is 11.7 Å². The van der Waals surface area contributed by atoms with E-state index >= 15 is 4.39 Å². The van der Waals surface area contributed by atoms with Crippen molar-refractivity contribution in [1.29, 1.82) is 0 Å². The number of imidazole rings is 1. The average molecular weight is 526 g/mol. The van der Waals surface area contributed by atoms with Crippen molar-refractivity contribution in [3.05, 3.63) is 41.2 Å². The van der Waals surface area contributed by atoms with Crippen LogP contribution in [0.15, 0.2) is 24.8 Å². The monoisotopic (exact) mass is 524 g/mol. The zero-order chi connectivity index (χ0) is 22.4. The number of nitrogens with one attached hydrogen (secondary N) is 2. The molecule has 0 radical (unpaired) electrons. The molecule has 3 heterocycles. The van der Waals surface area contributed by atoms with E-state index in [-0.39, 0.29) is 29.2 Å². The van der Waals surface area contributed by atoms with Crippen LogP contribution in [0.4, 0.5) is 19.0 Å². The summed E-state index contributed by atoms with van der Waals surface area (Å²) in [7, 11) is 0. The van der Waals surface area contributed by atoms with Gasteiger partial charge in [-0.15, -0.1) is 0 Å². The van der Waals surface area contributed by atoms with Crippen LogP contribution in [-0.4, -0.2) is 41.2 Å². The van der Waals surface area contributed by atoms with Gasteiger partial charge in [-0.2, -0.15) is 5.10 Å². The number of rotatable bonds is 4. The van der Waals surface area contributed by atoms with Crippen LogP contribution in [0.25, 0.3) is 27.8 Å². The third-order valence-corrected chi connectivity index (χ3v) is 7.13. The van der Waals surface area contributed by atoms with E-state index in [1.54, 1.807) is 16.8 Å². The number of benzene rings is 1. The van der Waals surface area contributed by atoms with E-state index < -0.39 is 34.3 Å². The number of nitrogens with zero attached hydrogens (tertiary/aromatic N) is 4. The fourth-order valence-electron chi connectivity index (χ4n) is 3.98. The van der Waals surface area contributed by atoms with Crippen molar-refractivity contribution in [2.75, 3.05) is 5.32 Å². The number of aromatic nitrogens is 5. The topological polar surface area (TPSA) is 88.0 Å². The fraction of sp³-hybridized carbons (Fsp3) is 0.300. The number of carbonyl (C=O) groups excluding carboxylic acids is 1. The zero-order valence-electron chi connectivity index (χ0n) is 16.0. The zero-order valence-corrected chi connectivity index (χ0v) is 18.4. The first-order valence-corrected chi connectivity index (χ1v) is 10.9. The smallest absolute Gasteiger partial charge is 0.231 e. The summed E-state index contributed by atoms with van der Waals surface area (Å²) >= 11 is 9.37. The second-order valence-corrected chi connectivity index (χ2v) is 9.80.